The Hall–Kier alpha value is -4.40. The largest absolute Gasteiger partial charge is 0.493 e. The minimum atomic E-state index is -0.332. The molecule has 0 unspecified atom stereocenters. The fraction of sp³-hybridized carbons (Fsp3) is 0.0645. The lowest BCUT2D eigenvalue weighted by Crippen LogP contribution is -2.20. The summed E-state index contributed by atoms with van der Waals surface area (Å²) in [7, 11) is 1.57. The maximum atomic E-state index is 13.6. The molecule has 6 aromatic rings. The minimum absolute atomic E-state index is 0.262. The smallest absolute Gasteiger partial charge is 0.282 e. The van der Waals surface area contributed by atoms with Gasteiger partial charge in [-0.25, -0.2) is 4.98 Å². The van der Waals surface area contributed by atoms with Crippen molar-refractivity contribution in [2.45, 2.75) is 6.61 Å². The number of aromatic nitrogens is 2. The molecule has 0 atom stereocenters. The quantitative estimate of drug-likeness (QED) is 0.172. The standard InChI is InChI=1S/C31H21BrClN3O4/c1-38-27-15-21(24(32)16-28(27)39-18-19-7-3-2-4-8-19)17-34-36-30(35-25-10-6-5-9-23(25)31(36)37)29-14-20-13-22(33)11-12-26(20)40-29/h2-17H,18H2,1H3. The molecule has 2 heterocycles. The molecule has 0 aliphatic heterocycles. The molecule has 0 amide bonds. The number of furan rings is 1. The van der Waals surface area contributed by atoms with Crippen LogP contribution >= 0.6 is 27.5 Å². The zero-order valence-corrected chi connectivity index (χ0v) is 23.5. The van der Waals surface area contributed by atoms with E-state index in [-0.39, 0.29) is 11.4 Å². The molecule has 7 nitrogen and oxygen atoms in total. The molecule has 2 aromatic heterocycles. The molecular formula is C31H21BrClN3O4. The normalized spacial score (nSPS) is 11.5. The van der Waals surface area contributed by atoms with Crippen LogP contribution in [0.15, 0.2) is 110 Å². The van der Waals surface area contributed by atoms with Crippen LogP contribution in [0, 0.1) is 0 Å². The first-order valence-electron chi connectivity index (χ1n) is 12.3. The van der Waals surface area contributed by atoms with Crippen LogP contribution in [-0.2, 0) is 6.61 Å². The van der Waals surface area contributed by atoms with E-state index in [0.717, 1.165) is 10.9 Å². The van der Waals surface area contributed by atoms with Crippen molar-refractivity contribution in [3.63, 3.8) is 0 Å². The number of rotatable bonds is 7. The number of ether oxygens (including phenoxy) is 2. The second-order valence-corrected chi connectivity index (χ2v) is 10.2. The topological polar surface area (TPSA) is 78.9 Å². The molecule has 0 bridgehead atoms. The molecule has 9 heteroatoms. The van der Waals surface area contributed by atoms with Gasteiger partial charge in [-0.3, -0.25) is 4.79 Å². The Morgan fingerprint density at radius 2 is 1.80 bits per heavy atom. The van der Waals surface area contributed by atoms with Crippen molar-refractivity contribution in [3.05, 3.63) is 122 Å². The number of para-hydroxylation sites is 1. The van der Waals surface area contributed by atoms with Crippen LogP contribution in [0.2, 0.25) is 5.02 Å². The molecule has 0 saturated heterocycles. The SMILES string of the molecule is COc1cc(C=Nn2c(-c3cc4cc(Cl)ccc4o3)nc3ccccc3c2=O)c(Br)cc1OCc1ccccc1. The van der Waals surface area contributed by atoms with Crippen molar-refractivity contribution in [2.75, 3.05) is 7.11 Å². The summed E-state index contributed by atoms with van der Waals surface area (Å²) in [5.74, 6) is 1.75. The van der Waals surface area contributed by atoms with Crippen molar-refractivity contribution in [1.82, 2.24) is 9.66 Å². The summed E-state index contributed by atoms with van der Waals surface area (Å²) in [6.45, 7) is 0.390. The molecule has 0 aliphatic rings. The first kappa shape index (κ1) is 25.9. The van der Waals surface area contributed by atoms with Gasteiger partial charge in [0.1, 0.15) is 12.2 Å². The van der Waals surface area contributed by atoms with Crippen molar-refractivity contribution < 1.29 is 13.9 Å². The van der Waals surface area contributed by atoms with E-state index in [2.05, 4.69) is 21.0 Å². The van der Waals surface area contributed by atoms with Gasteiger partial charge in [0.15, 0.2) is 17.3 Å². The van der Waals surface area contributed by atoms with E-state index < -0.39 is 0 Å². The Morgan fingerprint density at radius 1 is 1.00 bits per heavy atom. The first-order valence-corrected chi connectivity index (χ1v) is 13.5. The lowest BCUT2D eigenvalue weighted by Gasteiger charge is -2.13. The van der Waals surface area contributed by atoms with Gasteiger partial charge in [0, 0.05) is 20.4 Å². The van der Waals surface area contributed by atoms with Crippen molar-refractivity contribution in [1.29, 1.82) is 0 Å². The van der Waals surface area contributed by atoms with Crippen molar-refractivity contribution in [3.8, 4) is 23.1 Å². The summed E-state index contributed by atoms with van der Waals surface area (Å²) in [4.78, 5) is 18.3. The summed E-state index contributed by atoms with van der Waals surface area (Å²) in [6, 6.07) is 27.7. The van der Waals surface area contributed by atoms with E-state index in [1.54, 1.807) is 61.9 Å². The highest BCUT2D eigenvalue weighted by Gasteiger charge is 2.17. The monoisotopic (exact) mass is 613 g/mol. The Bertz CT molecular complexity index is 1950. The number of methoxy groups -OCH3 is 1. The Morgan fingerprint density at radius 3 is 2.62 bits per heavy atom. The maximum Gasteiger partial charge on any atom is 0.282 e. The van der Waals surface area contributed by atoms with Gasteiger partial charge in [-0.15, -0.1) is 0 Å². The average Bonchev–Trinajstić information content (AvgIpc) is 3.40. The van der Waals surface area contributed by atoms with Crippen LogP contribution in [0.1, 0.15) is 11.1 Å². The first-order chi connectivity index (χ1) is 19.5. The third-order valence-corrected chi connectivity index (χ3v) is 7.21. The highest BCUT2D eigenvalue weighted by Crippen LogP contribution is 2.34. The highest BCUT2D eigenvalue weighted by atomic mass is 79.9. The lowest BCUT2D eigenvalue weighted by atomic mass is 10.2. The van der Waals surface area contributed by atoms with Crippen LogP contribution in [0.5, 0.6) is 11.5 Å². The zero-order valence-electron chi connectivity index (χ0n) is 21.2. The van der Waals surface area contributed by atoms with Gasteiger partial charge in [0.05, 0.1) is 24.2 Å². The van der Waals surface area contributed by atoms with E-state index in [4.69, 9.17) is 30.5 Å². The Labute approximate surface area is 242 Å². The fourth-order valence-electron chi connectivity index (χ4n) is 4.29. The number of hydrogen-bond acceptors (Lipinski definition) is 6. The van der Waals surface area contributed by atoms with Crippen LogP contribution in [0.25, 0.3) is 33.5 Å². The molecule has 0 radical (unpaired) electrons. The third-order valence-electron chi connectivity index (χ3n) is 6.28. The average molecular weight is 615 g/mol. The summed E-state index contributed by atoms with van der Waals surface area (Å²) in [6.07, 6.45) is 1.56. The fourth-order valence-corrected chi connectivity index (χ4v) is 4.90. The molecule has 6 rings (SSSR count). The second kappa shape index (κ2) is 11.0. The highest BCUT2D eigenvalue weighted by molar-refractivity contribution is 9.10. The lowest BCUT2D eigenvalue weighted by molar-refractivity contribution is 0.284. The van der Waals surface area contributed by atoms with Gasteiger partial charge in [0.25, 0.3) is 5.56 Å². The zero-order chi connectivity index (χ0) is 27.6. The van der Waals surface area contributed by atoms with Gasteiger partial charge < -0.3 is 13.9 Å². The third kappa shape index (κ3) is 5.11. The predicted molar refractivity (Wildman–Crippen MR) is 161 cm³/mol. The molecule has 0 spiro atoms. The van der Waals surface area contributed by atoms with E-state index in [9.17, 15) is 4.79 Å². The van der Waals surface area contributed by atoms with E-state index in [1.807, 2.05) is 42.5 Å². The summed E-state index contributed by atoms with van der Waals surface area (Å²) in [5, 5.41) is 6.36. The van der Waals surface area contributed by atoms with Crippen LogP contribution in [0.3, 0.4) is 0 Å². The molecule has 0 fully saturated rings. The summed E-state index contributed by atoms with van der Waals surface area (Å²) >= 11 is 9.77. The predicted octanol–water partition coefficient (Wildman–Crippen LogP) is 7.70. The van der Waals surface area contributed by atoms with Gasteiger partial charge in [-0.2, -0.15) is 9.78 Å². The van der Waals surface area contributed by atoms with Gasteiger partial charge >= 0.3 is 0 Å². The van der Waals surface area contributed by atoms with Gasteiger partial charge in [-0.1, -0.05) is 54.1 Å². The van der Waals surface area contributed by atoms with Crippen LogP contribution < -0.4 is 15.0 Å². The molecule has 0 saturated carbocycles. The van der Waals surface area contributed by atoms with Crippen molar-refractivity contribution >= 4 is 55.6 Å². The molecule has 0 aliphatic carbocycles. The van der Waals surface area contributed by atoms with Gasteiger partial charge in [0.2, 0.25) is 5.82 Å². The van der Waals surface area contributed by atoms with Crippen molar-refractivity contribution in [2.24, 2.45) is 5.10 Å². The van der Waals surface area contributed by atoms with E-state index >= 15 is 0 Å². The molecule has 40 heavy (non-hydrogen) atoms. The number of fused-ring (bicyclic) bond motifs is 2. The summed E-state index contributed by atoms with van der Waals surface area (Å²) < 4.78 is 19.6. The van der Waals surface area contributed by atoms with E-state index in [0.29, 0.717) is 55.4 Å². The minimum Gasteiger partial charge on any atom is -0.493 e. The molecule has 4 aromatic carbocycles. The number of nitrogens with zero attached hydrogens (tertiary/aromatic N) is 3. The molecule has 0 N–H and O–H groups in total. The molecule has 198 valence electrons. The Kier molecular flexibility index (Phi) is 7.11. The molecular weight excluding hydrogens is 594 g/mol. The maximum absolute atomic E-state index is 13.6. The van der Waals surface area contributed by atoms with E-state index in [1.165, 1.54) is 4.68 Å². The second-order valence-electron chi connectivity index (χ2n) is 8.91. The Balaban J connectivity index is 1.41. The summed E-state index contributed by atoms with van der Waals surface area (Å²) in [5.41, 5.74) is 2.54. The van der Waals surface area contributed by atoms with Gasteiger partial charge in [-0.05, 0) is 70.0 Å². The van der Waals surface area contributed by atoms with Crippen LogP contribution in [-0.4, -0.2) is 23.0 Å². The number of hydrogen-bond donors (Lipinski definition) is 0. The number of benzene rings is 4. The number of halogens is 2. The van der Waals surface area contributed by atoms with Crippen LogP contribution in [0.4, 0.5) is 0 Å².